The van der Waals surface area contributed by atoms with Crippen molar-refractivity contribution in [2.45, 2.75) is 79.1 Å². The van der Waals surface area contributed by atoms with Gasteiger partial charge in [-0.25, -0.2) is 0 Å². The average molecular weight is 969 g/mol. The van der Waals surface area contributed by atoms with Crippen LogP contribution in [0.4, 0.5) is 0 Å². The van der Waals surface area contributed by atoms with Crippen LogP contribution < -0.4 is 0 Å². The van der Waals surface area contributed by atoms with Gasteiger partial charge in [-0.2, -0.15) is 0 Å². The van der Waals surface area contributed by atoms with E-state index in [0.29, 0.717) is 0 Å². The van der Waals surface area contributed by atoms with Crippen molar-refractivity contribution in [1.29, 1.82) is 0 Å². The lowest BCUT2D eigenvalue weighted by atomic mass is 9.59. The fourth-order valence-corrected chi connectivity index (χ4v) is 17.4. The first-order chi connectivity index (χ1) is 37.1. The SMILES string of the molecule is Cc1cccc(C)c1-c1ccc(-c2c(C)cccc2C)c2c1-c1ccc3c4c1C1=C(c5ccccc5C12)C41C2=C4c5c(ccc(c51)C3)-c1c(-c3c(C)cccc3C)ccc(-c3c(C)cccc3C)c1C4c1ccccc12. The van der Waals surface area contributed by atoms with E-state index in [0.717, 1.165) is 6.42 Å². The maximum absolute atomic E-state index is 2.58. The summed E-state index contributed by atoms with van der Waals surface area (Å²) in [6, 6.07) is 67.2. The molecule has 0 saturated carbocycles. The number of hydrogen-bond acceptors (Lipinski definition) is 0. The second-order valence-corrected chi connectivity index (χ2v) is 23.6. The van der Waals surface area contributed by atoms with Crippen molar-refractivity contribution in [3.8, 4) is 66.8 Å². The molecule has 0 radical (unpaired) electrons. The summed E-state index contributed by atoms with van der Waals surface area (Å²) in [6.07, 6.45) is 0.921. The van der Waals surface area contributed by atoms with Crippen LogP contribution in [0.25, 0.3) is 89.1 Å². The highest BCUT2D eigenvalue weighted by molar-refractivity contribution is 6.29. The van der Waals surface area contributed by atoms with Crippen molar-refractivity contribution in [3.63, 3.8) is 0 Å². The van der Waals surface area contributed by atoms with Crippen LogP contribution in [0.15, 0.2) is 170 Å². The van der Waals surface area contributed by atoms with Gasteiger partial charge in [0.15, 0.2) is 0 Å². The Morgan fingerprint density at radius 1 is 0.276 bits per heavy atom. The summed E-state index contributed by atoms with van der Waals surface area (Å²) in [4.78, 5) is 0. The zero-order chi connectivity index (χ0) is 50.9. The summed E-state index contributed by atoms with van der Waals surface area (Å²) >= 11 is 0. The maximum atomic E-state index is 2.58. The number of allylic oxidation sites excluding steroid dienone is 4. The molecule has 2 atom stereocenters. The Kier molecular flexibility index (Phi) is 8.22. The molecule has 0 bridgehead atoms. The van der Waals surface area contributed by atoms with Crippen molar-refractivity contribution >= 4 is 22.3 Å². The quantitative estimate of drug-likeness (QED) is 0.165. The Hall–Kier alpha value is -8.32. The van der Waals surface area contributed by atoms with Crippen molar-refractivity contribution in [3.05, 3.63) is 281 Å². The van der Waals surface area contributed by atoms with Gasteiger partial charge in [-0.15, -0.1) is 0 Å². The van der Waals surface area contributed by atoms with E-state index < -0.39 is 5.41 Å². The minimum atomic E-state index is -0.515. The van der Waals surface area contributed by atoms with Crippen LogP contribution in [0, 0.1) is 55.4 Å². The first kappa shape index (κ1) is 43.0. The van der Waals surface area contributed by atoms with E-state index in [9.17, 15) is 0 Å². The largest absolute Gasteiger partial charge is 0.0737 e. The van der Waals surface area contributed by atoms with Crippen LogP contribution in [0.1, 0.15) is 123 Å². The van der Waals surface area contributed by atoms with Crippen molar-refractivity contribution in [2.24, 2.45) is 0 Å². The fraction of sp³-hybridized carbons (Fsp3) is 0.158. The van der Waals surface area contributed by atoms with Gasteiger partial charge in [-0.05, 0) is 262 Å². The van der Waals surface area contributed by atoms with Crippen LogP contribution in [0.5, 0.6) is 0 Å². The number of benzene rings is 10. The minimum Gasteiger partial charge on any atom is -0.0619 e. The van der Waals surface area contributed by atoms with Gasteiger partial charge in [0.25, 0.3) is 0 Å². The third-order valence-electron chi connectivity index (χ3n) is 19.8. The molecule has 7 aliphatic rings. The maximum Gasteiger partial charge on any atom is 0.0737 e. The summed E-state index contributed by atoms with van der Waals surface area (Å²) in [7, 11) is 0. The molecular weight excluding hydrogens is 913 g/mol. The van der Waals surface area contributed by atoms with Gasteiger partial charge in [0.05, 0.1) is 5.41 Å². The van der Waals surface area contributed by atoms with Gasteiger partial charge in [-0.1, -0.05) is 170 Å². The molecule has 360 valence electrons. The lowest BCUT2D eigenvalue weighted by Gasteiger charge is -2.42. The van der Waals surface area contributed by atoms with E-state index in [4.69, 9.17) is 0 Å². The molecule has 10 aromatic carbocycles. The van der Waals surface area contributed by atoms with E-state index >= 15 is 0 Å². The Bertz CT molecular complexity index is 4150. The van der Waals surface area contributed by atoms with E-state index in [2.05, 4.69) is 225 Å². The molecule has 7 aliphatic carbocycles. The summed E-state index contributed by atoms with van der Waals surface area (Å²) in [6.45, 7) is 18.6. The Labute approximate surface area is 446 Å². The van der Waals surface area contributed by atoms with Crippen LogP contribution in [0.3, 0.4) is 0 Å². The van der Waals surface area contributed by atoms with E-state index in [1.807, 2.05) is 0 Å². The van der Waals surface area contributed by atoms with Crippen molar-refractivity contribution < 1.29 is 0 Å². The average Bonchev–Trinajstić information content (AvgIpc) is 4.33. The van der Waals surface area contributed by atoms with Crippen LogP contribution >= 0.6 is 0 Å². The summed E-state index contributed by atoms with van der Waals surface area (Å²) in [5.41, 5.74) is 50.6. The number of rotatable bonds is 4. The number of hydrogen-bond donors (Lipinski definition) is 0. The molecule has 0 saturated heterocycles. The molecule has 0 nitrogen and oxygen atoms in total. The lowest BCUT2D eigenvalue weighted by Crippen LogP contribution is -2.33. The molecule has 0 heterocycles. The predicted molar refractivity (Wildman–Crippen MR) is 317 cm³/mol. The summed E-state index contributed by atoms with van der Waals surface area (Å²) in [5, 5.41) is 0. The topological polar surface area (TPSA) is 0 Å². The Morgan fingerprint density at radius 3 is 0.947 bits per heavy atom. The zero-order valence-corrected chi connectivity index (χ0v) is 44.5. The first-order valence-electron chi connectivity index (χ1n) is 27.7. The van der Waals surface area contributed by atoms with Gasteiger partial charge < -0.3 is 0 Å². The smallest absolute Gasteiger partial charge is 0.0619 e. The zero-order valence-electron chi connectivity index (χ0n) is 44.5. The summed E-state index contributed by atoms with van der Waals surface area (Å²) in [5.74, 6) is 0.110. The third-order valence-corrected chi connectivity index (χ3v) is 19.8. The molecule has 0 aliphatic heterocycles. The molecule has 0 N–H and O–H groups in total. The normalized spacial score (nSPS) is 18.4. The van der Waals surface area contributed by atoms with E-state index in [1.165, 1.54) is 167 Å². The molecule has 0 aromatic heterocycles. The highest BCUT2D eigenvalue weighted by atomic mass is 14.7. The monoisotopic (exact) mass is 968 g/mol. The highest BCUT2D eigenvalue weighted by Crippen LogP contribution is 2.80. The molecule has 2 unspecified atom stereocenters. The van der Waals surface area contributed by atoms with Gasteiger partial charge in [0.2, 0.25) is 0 Å². The van der Waals surface area contributed by atoms with Gasteiger partial charge in [0.1, 0.15) is 0 Å². The molecule has 0 heteroatoms. The standard InChI is InChI=1S/C76H56/c1-38-17-13-18-39(2)58(38)52-33-35-54(60-42(5)21-15-22-43(60)6)66-62(52)56-31-29-46-37-47-30-32-57-63-53(59-40(3)19-14-20-41(59)4)34-36-55(61-44(7)23-16-24-45(61)8)67(63)65-49-26-10-12-28-51(49)75-71(65)69(57)73(47)76(75)72(46)68(56)70-64(66)48-25-9-11-27-50(48)74(70)76/h9-36,64-65H,37H2,1-8H3. The van der Waals surface area contributed by atoms with Gasteiger partial charge in [-0.3, -0.25) is 0 Å². The molecule has 0 amide bonds. The second kappa shape index (κ2) is 14.5. The lowest BCUT2D eigenvalue weighted by molar-refractivity contribution is 0.818. The van der Waals surface area contributed by atoms with Crippen LogP contribution in [-0.2, 0) is 11.8 Å². The number of aryl methyl sites for hydroxylation is 8. The van der Waals surface area contributed by atoms with Crippen molar-refractivity contribution in [1.82, 2.24) is 0 Å². The molecule has 1 spiro atoms. The van der Waals surface area contributed by atoms with E-state index in [1.54, 1.807) is 33.4 Å². The second-order valence-electron chi connectivity index (χ2n) is 23.6. The Morgan fingerprint density at radius 2 is 0.579 bits per heavy atom. The van der Waals surface area contributed by atoms with E-state index in [-0.39, 0.29) is 11.8 Å². The van der Waals surface area contributed by atoms with Gasteiger partial charge >= 0.3 is 0 Å². The van der Waals surface area contributed by atoms with Crippen LogP contribution in [0.2, 0.25) is 0 Å². The highest BCUT2D eigenvalue weighted by Gasteiger charge is 2.66. The molecule has 76 heavy (non-hydrogen) atoms. The fourth-order valence-electron chi connectivity index (χ4n) is 17.4. The minimum absolute atomic E-state index is 0.0548. The number of fused-ring (bicyclic) bond motifs is 12. The Balaban J connectivity index is 1.07. The molecule has 17 rings (SSSR count). The molecular formula is C76H56. The van der Waals surface area contributed by atoms with Crippen molar-refractivity contribution in [2.75, 3.05) is 0 Å². The third kappa shape index (κ3) is 4.86. The molecule has 10 aromatic rings. The predicted octanol–water partition coefficient (Wildman–Crippen LogP) is 19.1. The first-order valence-corrected chi connectivity index (χ1v) is 27.7. The van der Waals surface area contributed by atoms with Crippen LogP contribution in [-0.4, -0.2) is 0 Å². The summed E-state index contributed by atoms with van der Waals surface area (Å²) < 4.78 is 0. The molecule has 0 fully saturated rings. The van der Waals surface area contributed by atoms with Gasteiger partial charge in [0, 0.05) is 11.8 Å².